The fourth-order valence-electron chi connectivity index (χ4n) is 2.23. The predicted molar refractivity (Wildman–Crippen MR) is 76.2 cm³/mol. The van der Waals surface area contributed by atoms with Crippen molar-refractivity contribution in [3.05, 3.63) is 29.8 Å². The van der Waals surface area contributed by atoms with Crippen molar-refractivity contribution in [2.75, 3.05) is 18.6 Å². The molecule has 1 heterocycles. The average Bonchev–Trinajstić information content (AvgIpc) is 2.45. The van der Waals surface area contributed by atoms with Gasteiger partial charge in [0.15, 0.2) is 0 Å². The van der Waals surface area contributed by atoms with Gasteiger partial charge in [0.05, 0.1) is 18.6 Å². The molecule has 1 aromatic rings. The van der Waals surface area contributed by atoms with E-state index >= 15 is 0 Å². The molecule has 0 unspecified atom stereocenters. The predicted octanol–water partition coefficient (Wildman–Crippen LogP) is 1.14. The molecule has 1 amide bonds. The number of sulfone groups is 1. The van der Waals surface area contributed by atoms with E-state index < -0.39 is 9.84 Å². The molecule has 20 heavy (non-hydrogen) atoms. The summed E-state index contributed by atoms with van der Waals surface area (Å²) >= 11 is 0. The first kappa shape index (κ1) is 14.8. The Kier molecular flexibility index (Phi) is 4.65. The van der Waals surface area contributed by atoms with Gasteiger partial charge in [0.2, 0.25) is 5.91 Å². The second-order valence-corrected chi connectivity index (χ2v) is 7.30. The third-order valence-corrected chi connectivity index (χ3v) is 5.27. The molecule has 0 radical (unpaired) electrons. The molecule has 1 fully saturated rings. The zero-order chi connectivity index (χ0) is 14.6. The van der Waals surface area contributed by atoms with Crippen molar-refractivity contribution in [2.45, 2.75) is 19.4 Å². The molecule has 0 aliphatic carbocycles. The molecule has 0 spiro atoms. The van der Waals surface area contributed by atoms with Gasteiger partial charge in [-0.25, -0.2) is 8.42 Å². The van der Waals surface area contributed by atoms with Crippen LogP contribution in [0, 0.1) is 5.92 Å². The Morgan fingerprint density at radius 3 is 2.40 bits per heavy atom. The van der Waals surface area contributed by atoms with E-state index in [0.717, 1.165) is 11.3 Å². The van der Waals surface area contributed by atoms with Crippen LogP contribution in [0.15, 0.2) is 24.3 Å². The van der Waals surface area contributed by atoms with Crippen molar-refractivity contribution < 1.29 is 17.9 Å². The number of hydrogen-bond acceptors (Lipinski definition) is 4. The van der Waals surface area contributed by atoms with Crippen LogP contribution in [0.1, 0.15) is 18.4 Å². The van der Waals surface area contributed by atoms with Crippen molar-refractivity contribution in [3.8, 4) is 5.75 Å². The fraction of sp³-hybridized carbons (Fsp3) is 0.500. The Morgan fingerprint density at radius 2 is 1.85 bits per heavy atom. The fourth-order valence-corrected chi connectivity index (χ4v) is 3.72. The number of benzene rings is 1. The number of ether oxygens (including phenoxy) is 1. The van der Waals surface area contributed by atoms with Gasteiger partial charge in [0.25, 0.3) is 0 Å². The maximum atomic E-state index is 12.0. The Morgan fingerprint density at radius 1 is 1.25 bits per heavy atom. The maximum Gasteiger partial charge on any atom is 0.223 e. The Bertz CT molecular complexity index is 551. The first-order valence-electron chi connectivity index (χ1n) is 6.61. The average molecular weight is 297 g/mol. The van der Waals surface area contributed by atoms with Crippen molar-refractivity contribution in [1.29, 1.82) is 0 Å². The second-order valence-electron chi connectivity index (χ2n) is 4.99. The minimum absolute atomic E-state index is 0.0595. The lowest BCUT2D eigenvalue weighted by Crippen LogP contribution is -2.35. The molecular weight excluding hydrogens is 278 g/mol. The van der Waals surface area contributed by atoms with Gasteiger partial charge in [0.1, 0.15) is 15.6 Å². The Labute approximate surface area is 119 Å². The highest BCUT2D eigenvalue weighted by Gasteiger charge is 2.28. The summed E-state index contributed by atoms with van der Waals surface area (Å²) in [6.45, 7) is 0.450. The molecular formula is C14H19NO4S. The van der Waals surface area contributed by atoms with E-state index in [2.05, 4.69) is 5.32 Å². The van der Waals surface area contributed by atoms with Gasteiger partial charge in [-0.1, -0.05) is 12.1 Å². The van der Waals surface area contributed by atoms with Crippen molar-refractivity contribution >= 4 is 15.7 Å². The van der Waals surface area contributed by atoms with Gasteiger partial charge >= 0.3 is 0 Å². The van der Waals surface area contributed by atoms with Crippen molar-refractivity contribution in [1.82, 2.24) is 5.32 Å². The van der Waals surface area contributed by atoms with Crippen LogP contribution in [0.3, 0.4) is 0 Å². The number of methoxy groups -OCH3 is 1. The highest BCUT2D eigenvalue weighted by Crippen LogP contribution is 2.19. The van der Waals surface area contributed by atoms with Crippen LogP contribution in [0.2, 0.25) is 0 Å². The standard InChI is InChI=1S/C14H19NO4S/c1-19-13-4-2-11(3-5-13)10-15-14(16)12-6-8-20(17,18)9-7-12/h2-5,12H,6-10H2,1H3,(H,15,16). The van der Waals surface area contributed by atoms with Gasteiger partial charge in [-0.15, -0.1) is 0 Å². The molecule has 1 aliphatic heterocycles. The van der Waals surface area contributed by atoms with Gasteiger partial charge in [-0.2, -0.15) is 0 Å². The minimum Gasteiger partial charge on any atom is -0.497 e. The van der Waals surface area contributed by atoms with Gasteiger partial charge in [-0.05, 0) is 30.5 Å². The Balaban J connectivity index is 1.83. The van der Waals surface area contributed by atoms with Gasteiger partial charge in [-0.3, -0.25) is 4.79 Å². The van der Waals surface area contributed by atoms with Crippen LogP contribution in [0.4, 0.5) is 0 Å². The van der Waals surface area contributed by atoms with Crippen LogP contribution in [-0.2, 0) is 21.2 Å². The Hall–Kier alpha value is -1.56. The number of nitrogens with one attached hydrogen (secondary N) is 1. The van der Waals surface area contributed by atoms with Crippen LogP contribution in [-0.4, -0.2) is 32.9 Å². The summed E-state index contributed by atoms with van der Waals surface area (Å²) in [5.74, 6) is 0.770. The van der Waals surface area contributed by atoms with E-state index in [1.807, 2.05) is 24.3 Å². The molecule has 110 valence electrons. The van der Waals surface area contributed by atoms with E-state index in [1.165, 1.54) is 0 Å². The van der Waals surface area contributed by atoms with E-state index in [9.17, 15) is 13.2 Å². The number of hydrogen-bond donors (Lipinski definition) is 1. The number of carbonyl (C=O) groups is 1. The molecule has 2 rings (SSSR count). The minimum atomic E-state index is -2.92. The van der Waals surface area contributed by atoms with Crippen LogP contribution >= 0.6 is 0 Å². The van der Waals surface area contributed by atoms with Crippen molar-refractivity contribution in [2.24, 2.45) is 5.92 Å². The summed E-state index contributed by atoms with van der Waals surface area (Å²) in [4.78, 5) is 12.0. The smallest absolute Gasteiger partial charge is 0.223 e. The molecule has 0 saturated carbocycles. The summed E-state index contributed by atoms with van der Waals surface area (Å²) in [5, 5.41) is 2.86. The molecule has 1 saturated heterocycles. The SMILES string of the molecule is COc1ccc(CNC(=O)C2CCS(=O)(=O)CC2)cc1. The highest BCUT2D eigenvalue weighted by atomic mass is 32.2. The van der Waals surface area contributed by atoms with Gasteiger partial charge in [0, 0.05) is 12.5 Å². The van der Waals surface area contributed by atoms with Crippen LogP contribution in [0.25, 0.3) is 0 Å². The number of rotatable bonds is 4. The molecule has 1 N–H and O–H groups in total. The van der Waals surface area contributed by atoms with E-state index in [1.54, 1.807) is 7.11 Å². The lowest BCUT2D eigenvalue weighted by molar-refractivity contribution is -0.125. The second kappa shape index (κ2) is 6.26. The van der Waals surface area contributed by atoms with Crippen LogP contribution in [0.5, 0.6) is 5.75 Å². The van der Waals surface area contributed by atoms with E-state index in [0.29, 0.717) is 19.4 Å². The number of carbonyl (C=O) groups excluding carboxylic acids is 1. The largest absolute Gasteiger partial charge is 0.497 e. The molecule has 0 atom stereocenters. The molecule has 0 bridgehead atoms. The molecule has 5 nitrogen and oxygen atoms in total. The molecule has 6 heteroatoms. The highest BCUT2D eigenvalue weighted by molar-refractivity contribution is 7.91. The first-order chi connectivity index (χ1) is 9.50. The van der Waals surface area contributed by atoms with E-state index in [-0.39, 0.29) is 23.3 Å². The van der Waals surface area contributed by atoms with Crippen LogP contribution < -0.4 is 10.1 Å². The monoisotopic (exact) mass is 297 g/mol. The normalized spacial score (nSPS) is 18.4. The third-order valence-electron chi connectivity index (χ3n) is 3.55. The van der Waals surface area contributed by atoms with E-state index in [4.69, 9.17) is 4.74 Å². The molecule has 0 aromatic heterocycles. The summed E-state index contributed by atoms with van der Waals surface area (Å²) in [6.07, 6.45) is 0.855. The zero-order valence-corrected chi connectivity index (χ0v) is 12.3. The summed E-state index contributed by atoms with van der Waals surface area (Å²) in [7, 11) is -1.31. The third kappa shape index (κ3) is 3.96. The molecule has 1 aliphatic rings. The lowest BCUT2D eigenvalue weighted by Gasteiger charge is -2.21. The van der Waals surface area contributed by atoms with Crippen molar-refractivity contribution in [3.63, 3.8) is 0 Å². The van der Waals surface area contributed by atoms with Gasteiger partial charge < -0.3 is 10.1 Å². The lowest BCUT2D eigenvalue weighted by atomic mass is 10.0. The summed E-state index contributed by atoms with van der Waals surface area (Å²) in [6, 6.07) is 7.47. The zero-order valence-electron chi connectivity index (χ0n) is 11.5. The maximum absolute atomic E-state index is 12.0. The quantitative estimate of drug-likeness (QED) is 0.904. The topological polar surface area (TPSA) is 72.5 Å². The first-order valence-corrected chi connectivity index (χ1v) is 8.43. The summed E-state index contributed by atoms with van der Waals surface area (Å²) in [5.41, 5.74) is 0.989. The number of amides is 1. The summed E-state index contributed by atoms with van der Waals surface area (Å²) < 4.78 is 27.7. The molecule has 1 aromatic carbocycles.